The van der Waals surface area contributed by atoms with Crippen LogP contribution in [0.15, 0.2) is 83.5 Å². The lowest BCUT2D eigenvalue weighted by atomic mass is 10.1. The van der Waals surface area contributed by atoms with E-state index in [1.54, 1.807) is 17.2 Å². The first-order valence-corrected chi connectivity index (χ1v) is 10.6. The summed E-state index contributed by atoms with van der Waals surface area (Å²) in [6, 6.07) is 22.9. The number of pyridine rings is 1. The fourth-order valence-electron chi connectivity index (χ4n) is 3.27. The average molecular weight is 427 g/mol. The van der Waals surface area contributed by atoms with Crippen molar-refractivity contribution in [2.24, 2.45) is 0 Å². The summed E-state index contributed by atoms with van der Waals surface area (Å²) in [5, 5.41) is 4.64. The van der Waals surface area contributed by atoms with E-state index in [-0.39, 0.29) is 18.1 Å². The molecule has 0 aliphatic heterocycles. The molecule has 0 saturated carbocycles. The SMILES string of the molecule is Cc1ccc2nc(N(Cc3ccccn3)C(=O)c3cc(-c4ccccc4)on3)sc2c1. The molecule has 0 atom stereocenters. The van der Waals surface area contributed by atoms with Gasteiger partial charge in [-0.25, -0.2) is 4.98 Å². The van der Waals surface area contributed by atoms with Gasteiger partial charge in [-0.1, -0.05) is 59.0 Å². The van der Waals surface area contributed by atoms with Gasteiger partial charge in [0.1, 0.15) is 0 Å². The number of nitrogens with zero attached hydrogens (tertiary/aromatic N) is 4. The zero-order valence-electron chi connectivity index (χ0n) is 16.7. The Morgan fingerprint density at radius 3 is 2.68 bits per heavy atom. The zero-order valence-corrected chi connectivity index (χ0v) is 17.5. The molecule has 6 nitrogen and oxygen atoms in total. The molecule has 0 bridgehead atoms. The van der Waals surface area contributed by atoms with E-state index in [4.69, 9.17) is 9.51 Å². The van der Waals surface area contributed by atoms with Crippen molar-refractivity contribution < 1.29 is 9.32 Å². The minimum Gasteiger partial charge on any atom is -0.355 e. The highest BCUT2D eigenvalue weighted by atomic mass is 32.1. The lowest BCUT2D eigenvalue weighted by Crippen LogP contribution is -2.31. The number of rotatable bonds is 5. The van der Waals surface area contributed by atoms with Gasteiger partial charge in [0.15, 0.2) is 16.6 Å². The third kappa shape index (κ3) is 3.95. The van der Waals surface area contributed by atoms with Crippen LogP contribution in [-0.2, 0) is 6.54 Å². The molecule has 0 radical (unpaired) electrons. The summed E-state index contributed by atoms with van der Waals surface area (Å²) in [5.74, 6) is 0.258. The van der Waals surface area contributed by atoms with Crippen molar-refractivity contribution in [3.63, 3.8) is 0 Å². The summed E-state index contributed by atoms with van der Waals surface area (Å²) >= 11 is 1.47. The van der Waals surface area contributed by atoms with E-state index >= 15 is 0 Å². The Labute approximate surface area is 182 Å². The Morgan fingerprint density at radius 2 is 1.87 bits per heavy atom. The maximum atomic E-state index is 13.5. The normalized spacial score (nSPS) is 11.0. The van der Waals surface area contributed by atoms with Gasteiger partial charge in [0.05, 0.1) is 22.5 Å². The standard InChI is InChI=1S/C24H18N4O2S/c1-16-10-11-19-22(13-16)31-24(26-19)28(15-18-9-5-6-12-25-18)23(29)20-14-21(30-27-20)17-7-3-2-4-8-17/h2-14H,15H2,1H3. The molecular weight excluding hydrogens is 408 g/mol. The maximum Gasteiger partial charge on any atom is 0.282 e. The summed E-state index contributed by atoms with van der Waals surface area (Å²) in [6.45, 7) is 2.32. The number of carbonyl (C=O) groups is 1. The molecule has 0 fully saturated rings. The number of aryl methyl sites for hydroxylation is 1. The fraction of sp³-hybridized carbons (Fsp3) is 0.0833. The zero-order chi connectivity index (χ0) is 21.2. The molecule has 31 heavy (non-hydrogen) atoms. The fourth-order valence-corrected chi connectivity index (χ4v) is 4.33. The van der Waals surface area contributed by atoms with E-state index in [9.17, 15) is 4.79 Å². The number of hydrogen-bond donors (Lipinski definition) is 0. The van der Waals surface area contributed by atoms with Gasteiger partial charge >= 0.3 is 0 Å². The quantitative estimate of drug-likeness (QED) is 0.371. The number of hydrogen-bond acceptors (Lipinski definition) is 6. The van der Waals surface area contributed by atoms with E-state index in [1.807, 2.05) is 67.6 Å². The highest BCUT2D eigenvalue weighted by Gasteiger charge is 2.25. The van der Waals surface area contributed by atoms with Crippen LogP contribution in [0.4, 0.5) is 5.13 Å². The van der Waals surface area contributed by atoms with Crippen LogP contribution in [0.3, 0.4) is 0 Å². The van der Waals surface area contributed by atoms with Crippen molar-refractivity contribution in [1.82, 2.24) is 15.1 Å². The molecule has 0 aliphatic carbocycles. The van der Waals surface area contributed by atoms with Gasteiger partial charge in [-0.05, 0) is 36.8 Å². The molecule has 5 rings (SSSR count). The number of thiazole rings is 1. The Balaban J connectivity index is 1.53. The van der Waals surface area contributed by atoms with E-state index in [2.05, 4.69) is 16.2 Å². The largest absolute Gasteiger partial charge is 0.355 e. The molecule has 1 amide bonds. The minimum atomic E-state index is -0.285. The topological polar surface area (TPSA) is 72.1 Å². The summed E-state index contributed by atoms with van der Waals surface area (Å²) < 4.78 is 6.48. The summed E-state index contributed by atoms with van der Waals surface area (Å²) in [6.07, 6.45) is 1.71. The van der Waals surface area contributed by atoms with Crippen LogP contribution >= 0.6 is 11.3 Å². The second-order valence-electron chi connectivity index (χ2n) is 7.12. The first-order chi connectivity index (χ1) is 15.2. The van der Waals surface area contributed by atoms with Crippen LogP contribution in [0, 0.1) is 6.92 Å². The summed E-state index contributed by atoms with van der Waals surface area (Å²) in [7, 11) is 0. The monoisotopic (exact) mass is 426 g/mol. The number of fused-ring (bicyclic) bond motifs is 1. The molecule has 0 aliphatic rings. The van der Waals surface area contributed by atoms with Crippen LogP contribution < -0.4 is 4.90 Å². The maximum absolute atomic E-state index is 13.5. The van der Waals surface area contributed by atoms with Crippen molar-refractivity contribution in [2.75, 3.05) is 4.90 Å². The summed E-state index contributed by atoms with van der Waals surface area (Å²) in [5.41, 5.74) is 3.85. The molecule has 152 valence electrons. The third-order valence-electron chi connectivity index (χ3n) is 4.84. The van der Waals surface area contributed by atoms with Gasteiger partial charge in [0.25, 0.3) is 5.91 Å². The lowest BCUT2D eigenvalue weighted by Gasteiger charge is -2.18. The van der Waals surface area contributed by atoms with Crippen LogP contribution in [0.1, 0.15) is 21.7 Å². The number of carbonyl (C=O) groups excluding carboxylic acids is 1. The second kappa shape index (κ2) is 8.12. The molecule has 3 aromatic heterocycles. The molecule has 7 heteroatoms. The van der Waals surface area contributed by atoms with Crippen molar-refractivity contribution in [2.45, 2.75) is 13.5 Å². The first kappa shape index (κ1) is 19.1. The Bertz CT molecular complexity index is 1350. The molecule has 0 N–H and O–H groups in total. The van der Waals surface area contributed by atoms with Crippen LogP contribution in [0.25, 0.3) is 21.5 Å². The third-order valence-corrected chi connectivity index (χ3v) is 5.88. The van der Waals surface area contributed by atoms with E-state index in [1.165, 1.54) is 11.3 Å². The van der Waals surface area contributed by atoms with Gasteiger partial charge in [-0.3, -0.25) is 14.7 Å². The molecule has 0 spiro atoms. The van der Waals surface area contributed by atoms with Gasteiger partial charge in [-0.2, -0.15) is 0 Å². The van der Waals surface area contributed by atoms with Crippen LogP contribution in [0.2, 0.25) is 0 Å². The predicted molar refractivity (Wildman–Crippen MR) is 121 cm³/mol. The van der Waals surface area contributed by atoms with E-state index < -0.39 is 0 Å². The average Bonchev–Trinajstić information content (AvgIpc) is 3.45. The highest BCUT2D eigenvalue weighted by molar-refractivity contribution is 7.22. The molecule has 3 heterocycles. The predicted octanol–water partition coefficient (Wildman–Crippen LogP) is 5.50. The number of benzene rings is 2. The van der Waals surface area contributed by atoms with E-state index in [0.717, 1.165) is 27.0 Å². The van der Waals surface area contributed by atoms with Crippen molar-refractivity contribution in [3.05, 3.63) is 95.9 Å². The molecule has 5 aromatic rings. The van der Waals surface area contributed by atoms with Gasteiger partial charge < -0.3 is 4.52 Å². The molecular formula is C24H18N4O2S. The van der Waals surface area contributed by atoms with Gasteiger partial charge in [-0.15, -0.1) is 0 Å². The summed E-state index contributed by atoms with van der Waals surface area (Å²) in [4.78, 5) is 24.2. The smallest absolute Gasteiger partial charge is 0.282 e. The second-order valence-corrected chi connectivity index (χ2v) is 8.13. The highest BCUT2D eigenvalue weighted by Crippen LogP contribution is 2.31. The lowest BCUT2D eigenvalue weighted by molar-refractivity contribution is 0.0976. The van der Waals surface area contributed by atoms with Crippen molar-refractivity contribution >= 4 is 32.6 Å². The number of anilines is 1. The number of amides is 1. The number of aromatic nitrogens is 3. The Kier molecular flexibility index (Phi) is 5.01. The van der Waals surface area contributed by atoms with Gasteiger partial charge in [0.2, 0.25) is 0 Å². The molecule has 2 aromatic carbocycles. The van der Waals surface area contributed by atoms with Crippen LogP contribution in [-0.4, -0.2) is 21.0 Å². The van der Waals surface area contributed by atoms with E-state index in [0.29, 0.717) is 10.9 Å². The minimum absolute atomic E-state index is 0.227. The first-order valence-electron chi connectivity index (χ1n) is 9.78. The van der Waals surface area contributed by atoms with Crippen molar-refractivity contribution in [1.29, 1.82) is 0 Å². The Hall–Kier alpha value is -3.84. The van der Waals surface area contributed by atoms with Crippen LogP contribution in [0.5, 0.6) is 0 Å². The van der Waals surface area contributed by atoms with Crippen molar-refractivity contribution in [3.8, 4) is 11.3 Å². The van der Waals surface area contributed by atoms with Gasteiger partial charge in [0, 0.05) is 17.8 Å². The molecule has 0 saturated heterocycles. The Morgan fingerprint density at radius 1 is 1.03 bits per heavy atom. The molecule has 0 unspecified atom stereocenters.